The van der Waals surface area contributed by atoms with Crippen LogP contribution in [0.2, 0.25) is 0 Å². The molecular formula is C62H45N. The van der Waals surface area contributed by atoms with Crippen molar-refractivity contribution in [3.63, 3.8) is 0 Å². The summed E-state index contributed by atoms with van der Waals surface area (Å²) in [4.78, 5) is 2.40. The van der Waals surface area contributed by atoms with E-state index in [1.165, 1.54) is 88.7 Å². The molecule has 12 rings (SSSR count). The lowest BCUT2D eigenvalue weighted by atomic mass is 9.55. The van der Waals surface area contributed by atoms with Crippen molar-refractivity contribution in [3.05, 3.63) is 270 Å². The Kier molecular flexibility index (Phi) is 8.49. The van der Waals surface area contributed by atoms with E-state index in [4.69, 9.17) is 0 Å². The minimum absolute atomic E-state index is 0.139. The second-order valence-electron chi connectivity index (χ2n) is 17.7. The van der Waals surface area contributed by atoms with Gasteiger partial charge in [-0.3, -0.25) is 0 Å². The molecule has 2 aliphatic carbocycles. The van der Waals surface area contributed by atoms with Gasteiger partial charge >= 0.3 is 0 Å². The van der Waals surface area contributed by atoms with Crippen LogP contribution >= 0.6 is 0 Å². The van der Waals surface area contributed by atoms with Crippen molar-refractivity contribution in [2.45, 2.75) is 24.7 Å². The van der Waals surface area contributed by atoms with Gasteiger partial charge in [0.05, 0.1) is 5.41 Å². The van der Waals surface area contributed by atoms with Crippen LogP contribution in [0.5, 0.6) is 0 Å². The molecule has 1 nitrogen and oxygen atoms in total. The molecule has 298 valence electrons. The van der Waals surface area contributed by atoms with Crippen LogP contribution < -0.4 is 4.90 Å². The number of rotatable bonds is 6. The summed E-state index contributed by atoms with van der Waals surface area (Å²) in [5.41, 5.74) is 20.8. The van der Waals surface area contributed by atoms with Gasteiger partial charge in [-0.2, -0.15) is 0 Å². The Balaban J connectivity index is 0.989. The highest BCUT2D eigenvalue weighted by Gasteiger charge is 2.53. The van der Waals surface area contributed by atoms with Crippen LogP contribution in [0.15, 0.2) is 237 Å². The number of anilines is 3. The first-order valence-electron chi connectivity index (χ1n) is 22.1. The SMILES string of the molecule is CC1(C)c2ccccc2C2(c3ccccc3-c3ccc(-c4cccc(N(c5ccc(-c6ccc(-c7ccccc7)cc6)cc5)c5ccc6ccccc6c5)c4)cc32)c2ccccc21. The number of benzene rings is 10. The van der Waals surface area contributed by atoms with Crippen molar-refractivity contribution >= 4 is 27.8 Å². The summed E-state index contributed by atoms with van der Waals surface area (Å²) in [6.07, 6.45) is 0. The topological polar surface area (TPSA) is 3.24 Å². The summed E-state index contributed by atoms with van der Waals surface area (Å²) >= 11 is 0. The van der Waals surface area contributed by atoms with Crippen LogP contribution in [0.1, 0.15) is 47.2 Å². The molecule has 0 heterocycles. The standard InChI is InChI=1S/C62H45N/c1-61(2)56-23-10-12-25-58(56)62(59-26-13-11-24-57(59)61)55-22-9-8-21-53(55)54-38-34-49(41-60(54)62)48-19-14-20-51(40-48)63(52-37-33-43-17-6-7-18-47(43)39-52)50-35-31-46(32-36-50)45-29-27-44(28-30-45)42-15-4-3-5-16-42/h3-41H,1-2H3. The second kappa shape index (κ2) is 14.4. The van der Waals surface area contributed by atoms with Gasteiger partial charge < -0.3 is 4.90 Å². The summed E-state index contributed by atoms with van der Waals surface area (Å²) in [5.74, 6) is 0. The molecule has 0 N–H and O–H groups in total. The first kappa shape index (κ1) is 37.1. The highest BCUT2D eigenvalue weighted by Crippen LogP contribution is 2.62. The van der Waals surface area contributed by atoms with Crippen molar-refractivity contribution in [1.82, 2.24) is 0 Å². The average molecular weight is 804 g/mol. The van der Waals surface area contributed by atoms with E-state index in [1.807, 2.05) is 0 Å². The zero-order valence-electron chi connectivity index (χ0n) is 35.5. The molecule has 0 saturated carbocycles. The molecule has 1 heteroatoms. The molecule has 1 spiro atoms. The van der Waals surface area contributed by atoms with Gasteiger partial charge in [0.25, 0.3) is 0 Å². The summed E-state index contributed by atoms with van der Waals surface area (Å²) in [6.45, 7) is 4.78. The highest BCUT2D eigenvalue weighted by atomic mass is 15.1. The van der Waals surface area contributed by atoms with Gasteiger partial charge in [-0.1, -0.05) is 208 Å². The smallest absolute Gasteiger partial charge is 0.0719 e. The van der Waals surface area contributed by atoms with Gasteiger partial charge in [0.2, 0.25) is 0 Å². The van der Waals surface area contributed by atoms with E-state index in [0.717, 1.165) is 17.1 Å². The van der Waals surface area contributed by atoms with Crippen LogP contribution in [0.3, 0.4) is 0 Å². The molecule has 0 saturated heterocycles. The van der Waals surface area contributed by atoms with E-state index in [-0.39, 0.29) is 5.41 Å². The highest BCUT2D eigenvalue weighted by molar-refractivity contribution is 5.92. The van der Waals surface area contributed by atoms with E-state index in [9.17, 15) is 0 Å². The van der Waals surface area contributed by atoms with Crippen molar-refractivity contribution in [2.24, 2.45) is 0 Å². The van der Waals surface area contributed by atoms with Crippen molar-refractivity contribution in [2.75, 3.05) is 4.90 Å². The van der Waals surface area contributed by atoms with E-state index >= 15 is 0 Å². The van der Waals surface area contributed by atoms with Crippen LogP contribution in [-0.4, -0.2) is 0 Å². The third kappa shape index (κ3) is 5.77. The van der Waals surface area contributed by atoms with Gasteiger partial charge in [-0.05, 0) is 131 Å². The summed E-state index contributed by atoms with van der Waals surface area (Å²) in [7, 11) is 0. The third-order valence-corrected chi connectivity index (χ3v) is 13.9. The maximum Gasteiger partial charge on any atom is 0.0719 e. The molecule has 0 fully saturated rings. The Morgan fingerprint density at radius 3 is 1.41 bits per heavy atom. The van der Waals surface area contributed by atoms with Crippen molar-refractivity contribution in [3.8, 4) is 44.5 Å². The Labute approximate surface area is 370 Å². The van der Waals surface area contributed by atoms with Crippen molar-refractivity contribution in [1.29, 1.82) is 0 Å². The molecule has 10 aromatic carbocycles. The molecule has 0 aliphatic heterocycles. The quantitative estimate of drug-likeness (QED) is 0.162. The predicted octanol–water partition coefficient (Wildman–Crippen LogP) is 16.3. The Morgan fingerprint density at radius 2 is 0.730 bits per heavy atom. The number of hydrogen-bond acceptors (Lipinski definition) is 1. The molecule has 63 heavy (non-hydrogen) atoms. The van der Waals surface area contributed by atoms with E-state index in [0.29, 0.717) is 0 Å². The van der Waals surface area contributed by atoms with E-state index in [1.54, 1.807) is 0 Å². The van der Waals surface area contributed by atoms with Gasteiger partial charge in [-0.25, -0.2) is 0 Å². The molecule has 0 atom stereocenters. The molecular weight excluding hydrogens is 759 g/mol. The van der Waals surface area contributed by atoms with Gasteiger partial charge in [-0.15, -0.1) is 0 Å². The molecule has 0 bridgehead atoms. The zero-order valence-corrected chi connectivity index (χ0v) is 35.5. The number of hydrogen-bond donors (Lipinski definition) is 0. The van der Waals surface area contributed by atoms with Gasteiger partial charge in [0.15, 0.2) is 0 Å². The fourth-order valence-corrected chi connectivity index (χ4v) is 10.9. The van der Waals surface area contributed by atoms with Crippen LogP contribution in [0.25, 0.3) is 55.3 Å². The third-order valence-electron chi connectivity index (χ3n) is 13.9. The fraction of sp³-hybridized carbons (Fsp3) is 0.0645. The Morgan fingerprint density at radius 1 is 0.270 bits per heavy atom. The van der Waals surface area contributed by atoms with Crippen LogP contribution in [-0.2, 0) is 10.8 Å². The van der Waals surface area contributed by atoms with E-state index in [2.05, 4.69) is 255 Å². The average Bonchev–Trinajstić information content (AvgIpc) is 3.64. The normalized spacial score (nSPS) is 13.8. The number of nitrogens with zero attached hydrogens (tertiary/aromatic N) is 1. The van der Waals surface area contributed by atoms with Gasteiger partial charge in [0, 0.05) is 22.5 Å². The summed E-state index contributed by atoms with van der Waals surface area (Å²) < 4.78 is 0. The maximum atomic E-state index is 2.50. The predicted molar refractivity (Wildman–Crippen MR) is 264 cm³/mol. The lowest BCUT2D eigenvalue weighted by Crippen LogP contribution is -2.40. The molecule has 0 radical (unpaired) electrons. The zero-order chi connectivity index (χ0) is 42.1. The van der Waals surface area contributed by atoms with Gasteiger partial charge in [0.1, 0.15) is 0 Å². The Bertz CT molecular complexity index is 3310. The first-order valence-corrected chi connectivity index (χ1v) is 22.1. The lowest BCUT2D eigenvalue weighted by Gasteiger charge is -2.46. The summed E-state index contributed by atoms with van der Waals surface area (Å²) in [5, 5.41) is 2.44. The molecule has 2 aliphatic rings. The minimum Gasteiger partial charge on any atom is -0.310 e. The van der Waals surface area contributed by atoms with Crippen LogP contribution in [0.4, 0.5) is 17.1 Å². The first-order chi connectivity index (χ1) is 31.0. The lowest BCUT2D eigenvalue weighted by molar-refractivity contribution is 0.563. The fourth-order valence-electron chi connectivity index (χ4n) is 10.9. The molecule has 10 aromatic rings. The van der Waals surface area contributed by atoms with Crippen molar-refractivity contribution < 1.29 is 0 Å². The minimum atomic E-state index is -0.441. The number of fused-ring (bicyclic) bond motifs is 10. The molecule has 0 amide bonds. The Hall–Kier alpha value is -7.74. The largest absolute Gasteiger partial charge is 0.310 e. The van der Waals surface area contributed by atoms with Crippen LogP contribution in [0, 0.1) is 0 Å². The monoisotopic (exact) mass is 803 g/mol. The summed E-state index contributed by atoms with van der Waals surface area (Å²) in [6, 6.07) is 87.7. The van der Waals surface area contributed by atoms with E-state index < -0.39 is 5.41 Å². The molecule has 0 unspecified atom stereocenters. The molecule has 0 aromatic heterocycles. The maximum absolute atomic E-state index is 2.50. The second-order valence-corrected chi connectivity index (χ2v) is 17.7.